The lowest BCUT2D eigenvalue weighted by Gasteiger charge is -2.04. The molecule has 0 aliphatic carbocycles. The lowest BCUT2D eigenvalue weighted by Crippen LogP contribution is -1.85. The van der Waals surface area contributed by atoms with Gasteiger partial charge in [0.05, 0.1) is 12.5 Å². The number of benzene rings is 2. The first-order valence-electron chi connectivity index (χ1n) is 5.76. The molecule has 0 fully saturated rings. The van der Waals surface area contributed by atoms with E-state index in [2.05, 4.69) is 5.16 Å². The minimum Gasteiger partial charge on any atom is -0.508 e. The highest BCUT2D eigenvalue weighted by Gasteiger charge is 2.07. The first-order valence-corrected chi connectivity index (χ1v) is 5.76. The van der Waals surface area contributed by atoms with Crippen molar-refractivity contribution in [2.24, 2.45) is 5.16 Å². The van der Waals surface area contributed by atoms with Crippen molar-refractivity contribution in [2.45, 2.75) is 0 Å². The fourth-order valence-corrected chi connectivity index (χ4v) is 2.09. The van der Waals surface area contributed by atoms with Crippen molar-refractivity contribution >= 4 is 17.2 Å². The summed E-state index contributed by atoms with van der Waals surface area (Å²) in [5, 5.41) is 22.0. The Morgan fingerprint density at radius 3 is 2.53 bits per heavy atom. The monoisotopic (exact) mass is 253 g/mol. The van der Waals surface area contributed by atoms with Crippen LogP contribution in [0.2, 0.25) is 0 Å². The van der Waals surface area contributed by atoms with Crippen molar-refractivity contribution in [3.05, 3.63) is 54.3 Å². The van der Waals surface area contributed by atoms with Crippen LogP contribution in [0.4, 0.5) is 0 Å². The highest BCUT2D eigenvalue weighted by Crippen LogP contribution is 2.28. The lowest BCUT2D eigenvalue weighted by molar-refractivity contribution is 0.322. The van der Waals surface area contributed by atoms with E-state index in [1.165, 1.54) is 6.21 Å². The third kappa shape index (κ3) is 2.04. The molecule has 0 saturated heterocycles. The molecule has 0 aliphatic heterocycles. The Bertz CT molecular complexity index is 742. The highest BCUT2D eigenvalue weighted by molar-refractivity contribution is 5.99. The van der Waals surface area contributed by atoms with Crippen LogP contribution in [0.15, 0.2) is 58.3 Å². The summed E-state index contributed by atoms with van der Waals surface area (Å²) in [6.07, 6.45) is 2.94. The topological polar surface area (TPSA) is 66.0 Å². The van der Waals surface area contributed by atoms with Gasteiger partial charge in [0.15, 0.2) is 0 Å². The molecule has 0 bridgehead atoms. The molecule has 0 radical (unpaired) electrons. The van der Waals surface area contributed by atoms with E-state index in [1.807, 2.05) is 30.3 Å². The Kier molecular flexibility index (Phi) is 2.68. The molecule has 19 heavy (non-hydrogen) atoms. The molecule has 2 aromatic carbocycles. The molecule has 0 unspecified atom stereocenters. The van der Waals surface area contributed by atoms with Gasteiger partial charge in [0, 0.05) is 10.9 Å². The maximum atomic E-state index is 9.31. The van der Waals surface area contributed by atoms with Crippen molar-refractivity contribution in [2.75, 3.05) is 0 Å². The van der Waals surface area contributed by atoms with E-state index in [-0.39, 0.29) is 5.75 Å². The fourth-order valence-electron chi connectivity index (χ4n) is 2.09. The van der Waals surface area contributed by atoms with Crippen LogP contribution in [0.1, 0.15) is 5.56 Å². The zero-order valence-corrected chi connectivity index (χ0v) is 9.95. The maximum Gasteiger partial charge on any atom is 0.142 e. The molecule has 4 nitrogen and oxygen atoms in total. The molecule has 0 saturated carbocycles. The van der Waals surface area contributed by atoms with Crippen molar-refractivity contribution in [1.29, 1.82) is 0 Å². The minimum atomic E-state index is 0.227. The summed E-state index contributed by atoms with van der Waals surface area (Å²) in [5.41, 5.74) is 3.31. The Morgan fingerprint density at radius 1 is 1.00 bits per heavy atom. The van der Waals surface area contributed by atoms with Crippen LogP contribution in [-0.2, 0) is 0 Å². The van der Waals surface area contributed by atoms with E-state index < -0.39 is 0 Å². The Labute approximate surface area is 109 Å². The second kappa shape index (κ2) is 4.49. The maximum absolute atomic E-state index is 9.31. The molecule has 2 N–H and O–H groups in total. The number of rotatable bonds is 2. The van der Waals surface area contributed by atoms with Crippen LogP contribution in [0.25, 0.3) is 22.1 Å². The van der Waals surface area contributed by atoms with Crippen molar-refractivity contribution < 1.29 is 14.7 Å². The molecule has 0 aliphatic rings. The molecule has 0 spiro atoms. The van der Waals surface area contributed by atoms with Crippen molar-refractivity contribution in [3.63, 3.8) is 0 Å². The Balaban J connectivity index is 2.21. The summed E-state index contributed by atoms with van der Waals surface area (Å²) >= 11 is 0. The van der Waals surface area contributed by atoms with Crippen molar-refractivity contribution in [1.82, 2.24) is 0 Å². The number of hydrogen-bond donors (Lipinski definition) is 2. The molecule has 1 aromatic heterocycles. The number of nitrogens with zero attached hydrogens (tertiary/aromatic N) is 1. The molecule has 3 aromatic rings. The zero-order chi connectivity index (χ0) is 13.2. The molecular weight excluding hydrogens is 242 g/mol. The predicted octanol–water partition coefficient (Wildman–Crippen LogP) is 3.61. The number of aromatic hydroxyl groups is 1. The van der Waals surface area contributed by atoms with E-state index in [9.17, 15) is 5.11 Å². The van der Waals surface area contributed by atoms with E-state index >= 15 is 0 Å². The summed E-state index contributed by atoms with van der Waals surface area (Å²) in [4.78, 5) is 0. The lowest BCUT2D eigenvalue weighted by atomic mass is 10.0. The van der Waals surface area contributed by atoms with E-state index in [1.54, 1.807) is 18.4 Å². The Hall–Kier alpha value is -2.75. The highest BCUT2D eigenvalue weighted by atomic mass is 16.4. The first-order chi connectivity index (χ1) is 9.28. The molecule has 3 rings (SSSR count). The number of phenolic OH excluding ortho intramolecular Hbond substituents is 1. The number of oxime groups is 1. The zero-order valence-electron chi connectivity index (χ0n) is 9.95. The predicted molar refractivity (Wildman–Crippen MR) is 72.7 cm³/mol. The molecule has 0 atom stereocenters. The summed E-state index contributed by atoms with van der Waals surface area (Å²) in [7, 11) is 0. The summed E-state index contributed by atoms with van der Waals surface area (Å²) in [5.74, 6) is 0.227. The van der Waals surface area contributed by atoms with Crippen molar-refractivity contribution in [3.8, 4) is 16.9 Å². The van der Waals surface area contributed by atoms with Gasteiger partial charge >= 0.3 is 0 Å². The Morgan fingerprint density at radius 2 is 1.79 bits per heavy atom. The van der Waals surface area contributed by atoms with Crippen LogP contribution < -0.4 is 0 Å². The van der Waals surface area contributed by atoms with Crippen LogP contribution >= 0.6 is 0 Å². The average molecular weight is 253 g/mol. The van der Waals surface area contributed by atoms with Gasteiger partial charge in [-0.05, 0) is 41.5 Å². The third-order valence-electron chi connectivity index (χ3n) is 2.98. The smallest absolute Gasteiger partial charge is 0.142 e. The normalized spacial score (nSPS) is 11.4. The number of phenols is 1. The summed E-state index contributed by atoms with van der Waals surface area (Å²) < 4.78 is 5.37. The molecular formula is C15H11NO3. The first kappa shape index (κ1) is 11.3. The molecule has 4 heteroatoms. The van der Waals surface area contributed by atoms with Gasteiger partial charge < -0.3 is 14.7 Å². The molecule has 1 heterocycles. The third-order valence-corrected chi connectivity index (χ3v) is 2.98. The van der Waals surface area contributed by atoms with Crippen LogP contribution in [0.5, 0.6) is 5.75 Å². The van der Waals surface area contributed by atoms with Gasteiger partial charge in [-0.2, -0.15) is 0 Å². The SMILES string of the molecule is O/N=C\c1cc(-c2ccc(O)cc2)cc2ccoc12. The molecule has 94 valence electrons. The fraction of sp³-hybridized carbons (Fsp3) is 0. The summed E-state index contributed by atoms with van der Waals surface area (Å²) in [6, 6.07) is 12.6. The van der Waals surface area contributed by atoms with Gasteiger partial charge in [0.1, 0.15) is 11.3 Å². The van der Waals surface area contributed by atoms with Crippen LogP contribution in [0, 0.1) is 0 Å². The van der Waals surface area contributed by atoms with Gasteiger partial charge in [-0.25, -0.2) is 0 Å². The summed E-state index contributed by atoms with van der Waals surface area (Å²) in [6.45, 7) is 0. The van der Waals surface area contributed by atoms with Gasteiger partial charge in [-0.15, -0.1) is 0 Å². The second-order valence-corrected chi connectivity index (χ2v) is 4.20. The second-order valence-electron chi connectivity index (χ2n) is 4.20. The standard InChI is InChI=1S/C15H11NO3/c17-14-3-1-10(2-4-14)12-7-11-5-6-19-15(11)13(8-12)9-16-18/h1-9,17-18H/b16-9-. The van der Waals surface area contributed by atoms with Gasteiger partial charge in [-0.3, -0.25) is 0 Å². The molecule has 0 amide bonds. The van der Waals surface area contributed by atoms with Gasteiger partial charge in [-0.1, -0.05) is 17.3 Å². The minimum absolute atomic E-state index is 0.227. The van der Waals surface area contributed by atoms with Crippen LogP contribution in [-0.4, -0.2) is 16.5 Å². The number of hydrogen-bond acceptors (Lipinski definition) is 4. The number of furan rings is 1. The van der Waals surface area contributed by atoms with Gasteiger partial charge in [0.25, 0.3) is 0 Å². The average Bonchev–Trinajstić information content (AvgIpc) is 2.88. The van der Waals surface area contributed by atoms with E-state index in [0.717, 1.165) is 16.5 Å². The number of fused-ring (bicyclic) bond motifs is 1. The quantitative estimate of drug-likeness (QED) is 0.416. The van der Waals surface area contributed by atoms with Crippen LogP contribution in [0.3, 0.4) is 0 Å². The van der Waals surface area contributed by atoms with E-state index in [4.69, 9.17) is 9.62 Å². The van der Waals surface area contributed by atoms with Gasteiger partial charge in [0.2, 0.25) is 0 Å². The largest absolute Gasteiger partial charge is 0.508 e. The van der Waals surface area contributed by atoms with E-state index in [0.29, 0.717) is 11.1 Å².